The molecule has 0 aliphatic heterocycles. The lowest BCUT2D eigenvalue weighted by molar-refractivity contribution is -0.870. The predicted molar refractivity (Wildman–Crippen MR) is 265 cm³/mol. The van der Waals surface area contributed by atoms with Crippen molar-refractivity contribution in [3.8, 4) is 0 Å². The molecule has 0 rings (SSSR count). The Kier molecular flexibility index (Phi) is 43.5. The van der Waals surface area contributed by atoms with Crippen molar-refractivity contribution in [1.82, 2.24) is 5.32 Å². The summed E-state index contributed by atoms with van der Waals surface area (Å²) < 4.78 is 23.1. The quantitative estimate of drug-likeness (QED) is 0.0273. The molecule has 0 radical (unpaired) electrons. The smallest absolute Gasteiger partial charge is 0.268 e. The number of unbranched alkanes of at least 4 members (excludes halogenated alkanes) is 28. The summed E-state index contributed by atoms with van der Waals surface area (Å²) in [4.78, 5) is 25.3. The molecular formula is C53H101N2O6P. The molecule has 8 nitrogen and oxygen atoms in total. The van der Waals surface area contributed by atoms with Crippen LogP contribution in [0.2, 0.25) is 0 Å². The van der Waals surface area contributed by atoms with Gasteiger partial charge in [0, 0.05) is 6.42 Å². The highest BCUT2D eigenvalue weighted by atomic mass is 31.2. The number of aliphatic hydroxyl groups is 1. The highest BCUT2D eigenvalue weighted by Gasteiger charge is 2.23. The SMILES string of the molecule is CCCCC/C=C/CC/C=C/C(O)C(COP(=O)([O-])OCC[N+](C)(C)C)NC(=O)CCCCCCCCCCCCCCCCC/C=C\C/C=C\CCCCCCCCCCC. The lowest BCUT2D eigenvalue weighted by Gasteiger charge is -2.29. The first-order chi connectivity index (χ1) is 30.0. The highest BCUT2D eigenvalue weighted by Crippen LogP contribution is 2.38. The van der Waals surface area contributed by atoms with E-state index in [1.807, 2.05) is 27.2 Å². The molecule has 0 spiro atoms. The zero-order valence-corrected chi connectivity index (χ0v) is 42.2. The number of allylic oxidation sites excluding steroid dienone is 7. The number of aliphatic hydroxyl groups excluding tert-OH is 1. The molecule has 0 heterocycles. The van der Waals surface area contributed by atoms with Gasteiger partial charge >= 0.3 is 0 Å². The number of carbonyl (C=O) groups excluding carboxylic acids is 1. The van der Waals surface area contributed by atoms with Crippen LogP contribution in [-0.4, -0.2) is 68.5 Å². The Morgan fingerprint density at radius 2 is 0.952 bits per heavy atom. The third-order valence-electron chi connectivity index (χ3n) is 11.5. The van der Waals surface area contributed by atoms with Gasteiger partial charge in [-0.3, -0.25) is 9.36 Å². The number of amides is 1. The number of carbonyl (C=O) groups is 1. The van der Waals surface area contributed by atoms with E-state index < -0.39 is 26.6 Å². The second kappa shape index (κ2) is 44.7. The topological polar surface area (TPSA) is 108 Å². The maximum Gasteiger partial charge on any atom is 0.268 e. The molecule has 0 bridgehead atoms. The van der Waals surface area contributed by atoms with Crippen LogP contribution in [0.15, 0.2) is 48.6 Å². The Hall–Kier alpha value is -1.54. The van der Waals surface area contributed by atoms with Crippen LogP contribution in [-0.2, 0) is 18.4 Å². The minimum atomic E-state index is -4.59. The van der Waals surface area contributed by atoms with Crippen molar-refractivity contribution < 1.29 is 32.9 Å². The van der Waals surface area contributed by atoms with Crippen LogP contribution in [0.4, 0.5) is 0 Å². The van der Waals surface area contributed by atoms with E-state index in [1.54, 1.807) is 6.08 Å². The Morgan fingerprint density at radius 3 is 1.44 bits per heavy atom. The second-order valence-corrected chi connectivity index (χ2v) is 20.3. The molecule has 9 heteroatoms. The van der Waals surface area contributed by atoms with Crippen molar-refractivity contribution in [2.24, 2.45) is 0 Å². The summed E-state index contributed by atoms with van der Waals surface area (Å²) in [6.45, 7) is 4.57. The van der Waals surface area contributed by atoms with Crippen LogP contribution in [0.25, 0.3) is 0 Å². The third-order valence-corrected chi connectivity index (χ3v) is 12.5. The molecule has 0 aliphatic carbocycles. The highest BCUT2D eigenvalue weighted by molar-refractivity contribution is 7.45. The molecule has 3 unspecified atom stereocenters. The van der Waals surface area contributed by atoms with Gasteiger partial charge < -0.3 is 28.8 Å². The molecule has 3 atom stereocenters. The van der Waals surface area contributed by atoms with Crippen molar-refractivity contribution in [2.75, 3.05) is 40.9 Å². The molecular weight excluding hydrogens is 792 g/mol. The summed E-state index contributed by atoms with van der Waals surface area (Å²) in [6.07, 6.45) is 57.8. The van der Waals surface area contributed by atoms with E-state index in [2.05, 4.69) is 55.6 Å². The van der Waals surface area contributed by atoms with E-state index in [9.17, 15) is 19.4 Å². The molecule has 62 heavy (non-hydrogen) atoms. The van der Waals surface area contributed by atoms with Crippen molar-refractivity contribution in [3.05, 3.63) is 48.6 Å². The number of hydrogen-bond donors (Lipinski definition) is 2. The molecule has 0 saturated carbocycles. The van der Waals surface area contributed by atoms with Crippen molar-refractivity contribution in [1.29, 1.82) is 0 Å². The number of nitrogens with zero attached hydrogens (tertiary/aromatic N) is 1. The van der Waals surface area contributed by atoms with Crippen LogP contribution in [0, 0.1) is 0 Å². The van der Waals surface area contributed by atoms with Gasteiger partial charge in [0.05, 0.1) is 39.9 Å². The van der Waals surface area contributed by atoms with Crippen LogP contribution in [0.1, 0.15) is 232 Å². The van der Waals surface area contributed by atoms with Gasteiger partial charge in [-0.2, -0.15) is 0 Å². The van der Waals surface area contributed by atoms with Gasteiger partial charge in [-0.05, 0) is 64.2 Å². The second-order valence-electron chi connectivity index (χ2n) is 18.9. The standard InChI is InChI=1S/C53H101N2O6P/c1-6-8-10-12-14-16-17-18-19-20-21-22-23-24-25-26-27-28-29-30-31-32-33-34-35-36-37-39-41-43-45-47-53(57)54-51(50-61-62(58,59)60-49-48-55(3,4)5)52(56)46-44-42-40-38-15-13-11-9-7-2/h15,21-22,24-25,38,44,46,51-52,56H,6-14,16-20,23,26-37,39-43,45,47-50H2,1-5H3,(H-,54,57,58,59)/b22-21-,25-24-,38-15+,46-44+. The van der Waals surface area contributed by atoms with E-state index in [-0.39, 0.29) is 12.5 Å². The van der Waals surface area contributed by atoms with E-state index in [0.717, 1.165) is 44.9 Å². The monoisotopic (exact) mass is 893 g/mol. The predicted octanol–water partition coefficient (Wildman–Crippen LogP) is 14.6. The van der Waals surface area contributed by atoms with Crippen LogP contribution in [0.5, 0.6) is 0 Å². The van der Waals surface area contributed by atoms with Gasteiger partial charge in [-0.25, -0.2) is 0 Å². The zero-order chi connectivity index (χ0) is 45.7. The molecule has 0 aromatic heterocycles. The zero-order valence-electron chi connectivity index (χ0n) is 41.3. The first-order valence-electron chi connectivity index (χ1n) is 26.0. The summed E-state index contributed by atoms with van der Waals surface area (Å²) in [5.74, 6) is -0.210. The minimum Gasteiger partial charge on any atom is -0.756 e. The fourth-order valence-electron chi connectivity index (χ4n) is 7.38. The van der Waals surface area contributed by atoms with E-state index in [1.165, 1.54) is 167 Å². The Labute approximate surface area is 384 Å². The van der Waals surface area contributed by atoms with Crippen LogP contribution >= 0.6 is 7.82 Å². The van der Waals surface area contributed by atoms with Gasteiger partial charge in [-0.1, -0.05) is 210 Å². The molecule has 0 aromatic rings. The molecule has 1 amide bonds. The lowest BCUT2D eigenvalue weighted by Crippen LogP contribution is -2.45. The first-order valence-corrected chi connectivity index (χ1v) is 27.5. The van der Waals surface area contributed by atoms with Gasteiger partial charge in [0.1, 0.15) is 13.2 Å². The number of quaternary nitrogens is 1. The summed E-state index contributed by atoms with van der Waals surface area (Å²) in [7, 11) is 1.24. The average Bonchev–Trinajstić information content (AvgIpc) is 3.23. The number of nitrogens with one attached hydrogen (secondary N) is 1. The summed E-state index contributed by atoms with van der Waals surface area (Å²) in [5, 5.41) is 13.7. The summed E-state index contributed by atoms with van der Waals surface area (Å²) in [6, 6.07) is -0.901. The number of rotatable bonds is 47. The van der Waals surface area contributed by atoms with E-state index in [0.29, 0.717) is 17.4 Å². The molecule has 2 N–H and O–H groups in total. The van der Waals surface area contributed by atoms with Crippen LogP contribution in [0.3, 0.4) is 0 Å². The molecule has 0 aliphatic rings. The molecule has 0 aromatic carbocycles. The Bertz CT molecular complexity index is 1150. The first kappa shape index (κ1) is 60.5. The third kappa shape index (κ3) is 46.5. The maximum atomic E-state index is 12.9. The number of phosphoric ester groups is 1. The fourth-order valence-corrected chi connectivity index (χ4v) is 8.10. The molecule has 364 valence electrons. The summed E-state index contributed by atoms with van der Waals surface area (Å²) >= 11 is 0. The Balaban J connectivity index is 4.00. The lowest BCUT2D eigenvalue weighted by atomic mass is 10.0. The number of likely N-dealkylation sites (N-methyl/N-ethyl adjacent to an activating group) is 1. The van der Waals surface area contributed by atoms with Crippen LogP contribution < -0.4 is 10.2 Å². The molecule has 0 fully saturated rings. The maximum absolute atomic E-state index is 12.9. The number of phosphoric acid groups is 1. The van der Waals surface area contributed by atoms with Gasteiger partial charge in [0.2, 0.25) is 5.91 Å². The van der Waals surface area contributed by atoms with E-state index in [4.69, 9.17) is 9.05 Å². The van der Waals surface area contributed by atoms with Gasteiger partial charge in [0.15, 0.2) is 0 Å². The number of hydrogen-bond acceptors (Lipinski definition) is 6. The van der Waals surface area contributed by atoms with Gasteiger partial charge in [0.25, 0.3) is 7.82 Å². The fraction of sp³-hybridized carbons (Fsp3) is 0.830. The summed E-state index contributed by atoms with van der Waals surface area (Å²) in [5.41, 5.74) is 0. The van der Waals surface area contributed by atoms with Crippen molar-refractivity contribution in [3.63, 3.8) is 0 Å². The van der Waals surface area contributed by atoms with Gasteiger partial charge in [-0.15, -0.1) is 0 Å². The van der Waals surface area contributed by atoms with Crippen molar-refractivity contribution in [2.45, 2.75) is 244 Å². The van der Waals surface area contributed by atoms with Crippen molar-refractivity contribution >= 4 is 13.7 Å². The average molecular weight is 893 g/mol. The van der Waals surface area contributed by atoms with E-state index >= 15 is 0 Å². The Morgan fingerprint density at radius 1 is 0.565 bits per heavy atom. The largest absolute Gasteiger partial charge is 0.756 e. The normalized spacial score (nSPS) is 14.5. The molecule has 0 saturated heterocycles. The minimum absolute atomic E-state index is 0.00712.